The number of nitrogens with zero attached hydrogens (tertiary/aromatic N) is 3. The fraction of sp³-hybridized carbons (Fsp3) is 0.172. The van der Waals surface area contributed by atoms with Gasteiger partial charge >= 0.3 is 5.69 Å². The molecule has 2 heterocycles. The molecule has 41 heavy (non-hydrogen) atoms. The van der Waals surface area contributed by atoms with Crippen molar-refractivity contribution in [3.8, 4) is 11.4 Å². The summed E-state index contributed by atoms with van der Waals surface area (Å²) < 4.78 is 8.74. The highest BCUT2D eigenvalue weighted by Crippen LogP contribution is 2.27. The molecular formula is C29H26BrClN6O4. The minimum absolute atomic E-state index is 0.00371. The molecule has 4 N–H and O–H groups in total. The van der Waals surface area contributed by atoms with Crippen molar-refractivity contribution >= 4 is 45.2 Å². The number of benzene rings is 3. The Morgan fingerprint density at radius 3 is 2.41 bits per heavy atom. The van der Waals surface area contributed by atoms with E-state index in [1.807, 2.05) is 6.07 Å². The van der Waals surface area contributed by atoms with Gasteiger partial charge in [0.25, 0.3) is 11.8 Å². The smallest absolute Gasteiger partial charge is 0.333 e. The van der Waals surface area contributed by atoms with Gasteiger partial charge in [-0.15, -0.1) is 0 Å². The van der Waals surface area contributed by atoms with Gasteiger partial charge in [0, 0.05) is 23.1 Å². The molecule has 0 bridgehead atoms. The van der Waals surface area contributed by atoms with E-state index in [2.05, 4.69) is 21.2 Å². The fourth-order valence-corrected chi connectivity index (χ4v) is 5.26. The summed E-state index contributed by atoms with van der Waals surface area (Å²) >= 11 is 9.56. The third-order valence-electron chi connectivity index (χ3n) is 6.90. The first-order valence-corrected chi connectivity index (χ1v) is 13.8. The lowest BCUT2D eigenvalue weighted by Gasteiger charge is -2.28. The summed E-state index contributed by atoms with van der Waals surface area (Å²) in [6.45, 7) is 0.444. The molecule has 3 aromatic carbocycles. The average molecular weight is 638 g/mol. The number of aromatic nitrogens is 2. The van der Waals surface area contributed by atoms with Gasteiger partial charge < -0.3 is 20.7 Å². The number of imidazole rings is 1. The molecule has 210 valence electrons. The van der Waals surface area contributed by atoms with Gasteiger partial charge in [0.15, 0.2) is 0 Å². The number of rotatable bonds is 7. The SMILES string of the molecule is COc1ccc(-n2c(C(=O)N[C@@H](C(=N)N)c3ccccc3)c3n(c2=O)CCN(C(=O)c2ccc(Br)c(Cl)c2)C3)cc1. The Morgan fingerprint density at radius 1 is 1.07 bits per heavy atom. The number of nitrogens with two attached hydrogens (primary N) is 1. The van der Waals surface area contributed by atoms with Crippen LogP contribution in [0.5, 0.6) is 5.75 Å². The van der Waals surface area contributed by atoms with Gasteiger partial charge in [0.1, 0.15) is 23.3 Å². The first kappa shape index (κ1) is 28.2. The number of carbonyl (C=O) groups excluding carboxylic acids is 2. The molecule has 10 nitrogen and oxygen atoms in total. The second-order valence-corrected chi connectivity index (χ2v) is 10.7. The maximum Gasteiger partial charge on any atom is 0.333 e. The molecule has 0 saturated carbocycles. The summed E-state index contributed by atoms with van der Waals surface area (Å²) in [5.41, 5.74) is 7.31. The van der Waals surface area contributed by atoms with E-state index in [1.165, 1.54) is 16.2 Å². The molecule has 5 rings (SSSR count). The molecule has 4 aromatic rings. The topological polar surface area (TPSA) is 135 Å². The Hall–Kier alpha value is -4.35. The third kappa shape index (κ3) is 5.50. The first-order valence-electron chi connectivity index (χ1n) is 12.6. The molecule has 1 atom stereocenters. The van der Waals surface area contributed by atoms with Crippen LogP contribution in [0.2, 0.25) is 5.02 Å². The minimum Gasteiger partial charge on any atom is -0.497 e. The van der Waals surface area contributed by atoms with Crippen molar-refractivity contribution in [1.29, 1.82) is 5.41 Å². The van der Waals surface area contributed by atoms with E-state index in [0.717, 1.165) is 0 Å². The number of hydrogen-bond donors (Lipinski definition) is 3. The van der Waals surface area contributed by atoms with E-state index in [1.54, 1.807) is 71.6 Å². The lowest BCUT2D eigenvalue weighted by atomic mass is 10.1. The summed E-state index contributed by atoms with van der Waals surface area (Å²) in [5.74, 6) is -0.577. The van der Waals surface area contributed by atoms with E-state index in [0.29, 0.717) is 37.8 Å². The third-order valence-corrected chi connectivity index (χ3v) is 8.13. The van der Waals surface area contributed by atoms with Crippen molar-refractivity contribution < 1.29 is 14.3 Å². The lowest BCUT2D eigenvalue weighted by molar-refractivity contribution is 0.0706. The van der Waals surface area contributed by atoms with Crippen LogP contribution in [-0.2, 0) is 13.1 Å². The minimum atomic E-state index is -0.926. The summed E-state index contributed by atoms with van der Waals surface area (Å²) in [5, 5.41) is 11.3. The number of fused-ring (bicyclic) bond motifs is 1. The predicted molar refractivity (Wildman–Crippen MR) is 159 cm³/mol. The molecule has 1 aromatic heterocycles. The largest absolute Gasteiger partial charge is 0.497 e. The van der Waals surface area contributed by atoms with Crippen molar-refractivity contribution in [2.75, 3.05) is 13.7 Å². The number of halogens is 2. The number of amides is 2. The highest BCUT2D eigenvalue weighted by molar-refractivity contribution is 9.10. The molecule has 0 saturated heterocycles. The molecule has 2 amide bonds. The molecular weight excluding hydrogens is 612 g/mol. The molecule has 0 aliphatic carbocycles. The molecule has 12 heteroatoms. The Balaban J connectivity index is 1.59. The van der Waals surface area contributed by atoms with Crippen LogP contribution in [0.25, 0.3) is 5.69 Å². The second kappa shape index (κ2) is 11.6. The predicted octanol–water partition coefficient (Wildman–Crippen LogP) is 4.13. The second-order valence-electron chi connectivity index (χ2n) is 9.39. The van der Waals surface area contributed by atoms with Gasteiger partial charge in [0.2, 0.25) is 0 Å². The summed E-state index contributed by atoms with van der Waals surface area (Å²) in [4.78, 5) is 42.7. The molecule has 0 fully saturated rings. The van der Waals surface area contributed by atoms with Crippen molar-refractivity contribution in [2.24, 2.45) is 5.73 Å². The van der Waals surface area contributed by atoms with E-state index in [4.69, 9.17) is 27.5 Å². The van der Waals surface area contributed by atoms with Crippen molar-refractivity contribution in [2.45, 2.75) is 19.1 Å². The van der Waals surface area contributed by atoms with Crippen LogP contribution >= 0.6 is 27.5 Å². The fourth-order valence-electron chi connectivity index (χ4n) is 4.83. The Kier molecular flexibility index (Phi) is 8.00. The van der Waals surface area contributed by atoms with E-state index < -0.39 is 17.6 Å². The zero-order valence-corrected chi connectivity index (χ0v) is 24.3. The highest BCUT2D eigenvalue weighted by atomic mass is 79.9. The Morgan fingerprint density at radius 2 is 1.78 bits per heavy atom. The first-order chi connectivity index (χ1) is 19.7. The monoisotopic (exact) mass is 636 g/mol. The Labute approximate surface area is 248 Å². The zero-order valence-electron chi connectivity index (χ0n) is 21.9. The molecule has 1 aliphatic rings. The average Bonchev–Trinajstić information content (AvgIpc) is 3.28. The number of methoxy groups -OCH3 is 1. The van der Waals surface area contributed by atoms with E-state index in [9.17, 15) is 14.4 Å². The van der Waals surface area contributed by atoms with Gasteiger partial charge in [-0.2, -0.15) is 0 Å². The molecule has 1 aliphatic heterocycles. The number of ether oxygens (including phenoxy) is 1. The van der Waals surface area contributed by atoms with E-state index >= 15 is 0 Å². The maximum atomic E-state index is 14.0. The quantitative estimate of drug-likeness (QED) is 0.207. The number of nitrogens with one attached hydrogen (secondary N) is 2. The standard InChI is InChI=1S/C29H26BrClN6O4/c1-41-20-10-8-19(9-11-20)37-25(27(38)34-24(26(32)33)17-5-3-2-4-6-17)23-16-35(13-14-36(23)29(37)40)28(39)18-7-12-21(30)22(31)15-18/h2-12,15,24H,13-14,16H2,1H3,(H3,32,33)(H,34,38)/t24-/m1/s1. The van der Waals surface area contributed by atoms with Crippen LogP contribution in [0.1, 0.15) is 38.1 Å². The summed E-state index contributed by atoms with van der Waals surface area (Å²) in [6.07, 6.45) is 0. The van der Waals surface area contributed by atoms with Gasteiger partial charge in [-0.3, -0.25) is 24.1 Å². The van der Waals surface area contributed by atoms with Gasteiger partial charge in [-0.05, 0) is 64.0 Å². The Bertz CT molecular complexity index is 1700. The van der Waals surface area contributed by atoms with Crippen molar-refractivity contribution in [1.82, 2.24) is 19.4 Å². The van der Waals surface area contributed by atoms with E-state index in [-0.39, 0.29) is 37.1 Å². The summed E-state index contributed by atoms with van der Waals surface area (Å²) in [7, 11) is 1.53. The van der Waals surface area contributed by atoms with Gasteiger partial charge in [-0.1, -0.05) is 41.9 Å². The summed E-state index contributed by atoms with van der Waals surface area (Å²) in [6, 6.07) is 19.6. The van der Waals surface area contributed by atoms with Crippen molar-refractivity contribution in [3.05, 3.63) is 115 Å². The number of amidine groups is 1. The normalized spacial score (nSPS) is 13.3. The maximum absolute atomic E-state index is 14.0. The van der Waals surface area contributed by atoms with Crippen LogP contribution in [0.15, 0.2) is 82.1 Å². The lowest BCUT2D eigenvalue weighted by Crippen LogP contribution is -2.41. The van der Waals surface area contributed by atoms with Gasteiger partial charge in [-0.25, -0.2) is 4.79 Å². The number of hydrogen-bond acceptors (Lipinski definition) is 5. The van der Waals surface area contributed by atoms with Crippen LogP contribution < -0.4 is 21.5 Å². The number of carbonyl (C=O) groups is 2. The van der Waals surface area contributed by atoms with Crippen LogP contribution in [-0.4, -0.2) is 45.3 Å². The van der Waals surface area contributed by atoms with Crippen LogP contribution in [0.3, 0.4) is 0 Å². The molecule has 0 unspecified atom stereocenters. The van der Waals surface area contributed by atoms with Crippen molar-refractivity contribution in [3.63, 3.8) is 0 Å². The highest BCUT2D eigenvalue weighted by Gasteiger charge is 2.33. The zero-order chi connectivity index (χ0) is 29.3. The van der Waals surface area contributed by atoms with Crippen LogP contribution in [0.4, 0.5) is 0 Å². The molecule has 0 spiro atoms. The van der Waals surface area contributed by atoms with Gasteiger partial charge in [0.05, 0.1) is 30.1 Å². The molecule has 0 radical (unpaired) electrons. The van der Waals surface area contributed by atoms with Crippen LogP contribution in [0, 0.1) is 5.41 Å².